The van der Waals surface area contributed by atoms with Crippen LogP contribution in [0.15, 0.2) is 59.5 Å². The van der Waals surface area contributed by atoms with Gasteiger partial charge in [-0.1, -0.05) is 67.3 Å². The Morgan fingerprint density at radius 1 is 1.00 bits per heavy atom. The maximum atomic E-state index is 13.2. The lowest BCUT2D eigenvalue weighted by atomic mass is 9.95. The molecule has 6 heteroatoms. The van der Waals surface area contributed by atoms with Crippen LogP contribution in [0.5, 0.6) is 0 Å². The minimum atomic E-state index is -3.78. The van der Waals surface area contributed by atoms with Crippen molar-refractivity contribution in [3.05, 3.63) is 65.7 Å². The van der Waals surface area contributed by atoms with Crippen LogP contribution in [0.1, 0.15) is 43.2 Å². The molecule has 1 aliphatic rings. The lowest BCUT2D eigenvalue weighted by molar-refractivity contribution is -0.122. The van der Waals surface area contributed by atoms with Crippen molar-refractivity contribution in [1.29, 1.82) is 0 Å². The lowest BCUT2D eigenvalue weighted by Gasteiger charge is -2.26. The molecule has 0 radical (unpaired) electrons. The molecule has 1 amide bonds. The van der Waals surface area contributed by atoms with E-state index in [1.165, 1.54) is 10.7 Å². The molecule has 0 unspecified atom stereocenters. The number of carbonyl (C=O) groups is 1. The first-order valence-corrected chi connectivity index (χ1v) is 11.3. The van der Waals surface area contributed by atoms with Gasteiger partial charge in [0, 0.05) is 12.6 Å². The predicted molar refractivity (Wildman–Crippen MR) is 110 cm³/mol. The quantitative estimate of drug-likeness (QED) is 0.772. The van der Waals surface area contributed by atoms with Crippen LogP contribution in [-0.2, 0) is 21.4 Å². The zero-order valence-electron chi connectivity index (χ0n) is 16.3. The van der Waals surface area contributed by atoms with E-state index in [0.29, 0.717) is 0 Å². The van der Waals surface area contributed by atoms with Crippen LogP contribution in [0.2, 0.25) is 0 Å². The molecule has 28 heavy (non-hydrogen) atoms. The molecule has 0 saturated heterocycles. The standard InChI is InChI=1S/C22H28N2O3S/c1-18-12-14-21(15-13-18)28(26,27)24(16-19-8-4-2-5-9-19)17-22(25)23-20-10-6-3-7-11-20/h2,4-5,8-9,12-15,20H,3,6-7,10-11,16-17H2,1H3,(H,23,25). The highest BCUT2D eigenvalue weighted by Crippen LogP contribution is 2.20. The number of sulfonamides is 1. The van der Waals surface area contributed by atoms with Crippen molar-refractivity contribution in [2.75, 3.05) is 6.54 Å². The molecule has 0 aliphatic heterocycles. The Bertz CT molecular complexity index is 874. The van der Waals surface area contributed by atoms with Crippen molar-refractivity contribution in [3.63, 3.8) is 0 Å². The van der Waals surface area contributed by atoms with Crippen molar-refractivity contribution >= 4 is 15.9 Å². The van der Waals surface area contributed by atoms with E-state index in [9.17, 15) is 13.2 Å². The maximum Gasteiger partial charge on any atom is 0.243 e. The van der Waals surface area contributed by atoms with Crippen molar-refractivity contribution in [2.45, 2.75) is 56.5 Å². The molecule has 1 saturated carbocycles. The van der Waals surface area contributed by atoms with Gasteiger partial charge < -0.3 is 5.32 Å². The highest BCUT2D eigenvalue weighted by molar-refractivity contribution is 7.89. The van der Waals surface area contributed by atoms with E-state index in [1.54, 1.807) is 24.3 Å². The molecule has 1 fully saturated rings. The average molecular weight is 401 g/mol. The maximum absolute atomic E-state index is 13.2. The van der Waals surface area contributed by atoms with Gasteiger partial charge in [0.15, 0.2) is 0 Å². The van der Waals surface area contributed by atoms with Gasteiger partial charge in [0.05, 0.1) is 11.4 Å². The van der Waals surface area contributed by atoms with Crippen LogP contribution >= 0.6 is 0 Å². The van der Waals surface area contributed by atoms with Gasteiger partial charge in [-0.2, -0.15) is 4.31 Å². The lowest BCUT2D eigenvalue weighted by Crippen LogP contribution is -2.44. The third-order valence-corrected chi connectivity index (χ3v) is 6.96. The van der Waals surface area contributed by atoms with Crippen molar-refractivity contribution in [3.8, 4) is 0 Å². The van der Waals surface area contributed by atoms with Crippen LogP contribution in [0.25, 0.3) is 0 Å². The van der Waals surface area contributed by atoms with Crippen LogP contribution in [0, 0.1) is 6.92 Å². The van der Waals surface area contributed by atoms with E-state index in [-0.39, 0.29) is 29.9 Å². The van der Waals surface area contributed by atoms with E-state index in [4.69, 9.17) is 0 Å². The Labute approximate surface area is 167 Å². The second-order valence-electron chi connectivity index (χ2n) is 7.47. The number of carbonyl (C=O) groups excluding carboxylic acids is 1. The number of hydrogen-bond acceptors (Lipinski definition) is 3. The van der Waals surface area contributed by atoms with Gasteiger partial charge in [0.1, 0.15) is 0 Å². The van der Waals surface area contributed by atoms with Gasteiger partial charge in [-0.25, -0.2) is 8.42 Å². The fourth-order valence-electron chi connectivity index (χ4n) is 3.55. The summed E-state index contributed by atoms with van der Waals surface area (Å²) in [4.78, 5) is 12.8. The van der Waals surface area contributed by atoms with Gasteiger partial charge in [-0.15, -0.1) is 0 Å². The van der Waals surface area contributed by atoms with Gasteiger partial charge >= 0.3 is 0 Å². The Balaban J connectivity index is 1.79. The highest BCUT2D eigenvalue weighted by Gasteiger charge is 2.27. The number of nitrogens with one attached hydrogen (secondary N) is 1. The molecule has 1 N–H and O–H groups in total. The average Bonchev–Trinajstić information content (AvgIpc) is 2.69. The van der Waals surface area contributed by atoms with E-state index >= 15 is 0 Å². The monoisotopic (exact) mass is 400 g/mol. The Hall–Kier alpha value is -2.18. The number of amides is 1. The van der Waals surface area contributed by atoms with Crippen LogP contribution in [0.3, 0.4) is 0 Å². The molecule has 150 valence electrons. The van der Waals surface area contributed by atoms with Crippen molar-refractivity contribution < 1.29 is 13.2 Å². The summed E-state index contributed by atoms with van der Waals surface area (Å²) in [5.41, 5.74) is 1.84. The summed E-state index contributed by atoms with van der Waals surface area (Å²) in [6, 6.07) is 16.3. The van der Waals surface area contributed by atoms with E-state index in [1.807, 2.05) is 37.3 Å². The second kappa shape index (κ2) is 9.34. The molecule has 3 rings (SSSR count). The number of hydrogen-bond donors (Lipinski definition) is 1. The number of rotatable bonds is 7. The molecule has 0 bridgehead atoms. The van der Waals surface area contributed by atoms with Gasteiger partial charge in [0.2, 0.25) is 15.9 Å². The first kappa shape index (κ1) is 20.6. The Morgan fingerprint density at radius 2 is 1.64 bits per heavy atom. The summed E-state index contributed by atoms with van der Waals surface area (Å²) in [7, 11) is -3.78. The summed E-state index contributed by atoms with van der Waals surface area (Å²) >= 11 is 0. The molecule has 2 aromatic carbocycles. The largest absolute Gasteiger partial charge is 0.352 e. The SMILES string of the molecule is Cc1ccc(S(=O)(=O)N(CC(=O)NC2CCCCC2)Cc2ccccc2)cc1. The summed E-state index contributed by atoms with van der Waals surface area (Å²) in [6.07, 6.45) is 5.36. The molecule has 0 atom stereocenters. The molecular formula is C22H28N2O3S. The fourth-order valence-corrected chi connectivity index (χ4v) is 4.94. The Kier molecular flexibility index (Phi) is 6.86. The van der Waals surface area contributed by atoms with Gasteiger partial charge in [-0.3, -0.25) is 4.79 Å². The number of aryl methyl sites for hydroxylation is 1. The van der Waals surface area contributed by atoms with Gasteiger partial charge in [0.25, 0.3) is 0 Å². The van der Waals surface area contributed by atoms with Gasteiger partial charge in [-0.05, 0) is 37.5 Å². The summed E-state index contributed by atoms with van der Waals surface area (Å²) in [6.45, 7) is 1.90. The zero-order chi connectivity index (χ0) is 20.0. The molecular weight excluding hydrogens is 372 g/mol. The van der Waals surface area contributed by atoms with E-state index in [2.05, 4.69) is 5.32 Å². The number of nitrogens with zero attached hydrogens (tertiary/aromatic N) is 1. The van der Waals surface area contributed by atoms with Crippen LogP contribution in [-0.4, -0.2) is 31.2 Å². The van der Waals surface area contributed by atoms with Crippen molar-refractivity contribution in [1.82, 2.24) is 9.62 Å². The summed E-state index contributed by atoms with van der Waals surface area (Å²) in [5.74, 6) is -0.237. The third-order valence-electron chi connectivity index (χ3n) is 5.15. The molecule has 2 aromatic rings. The predicted octanol–water partition coefficient (Wildman–Crippen LogP) is 3.63. The molecule has 0 aromatic heterocycles. The minimum absolute atomic E-state index is 0.155. The zero-order valence-corrected chi connectivity index (χ0v) is 17.1. The smallest absolute Gasteiger partial charge is 0.243 e. The summed E-state index contributed by atoms with van der Waals surface area (Å²) in [5, 5.41) is 3.02. The Morgan fingerprint density at radius 3 is 2.29 bits per heavy atom. The van der Waals surface area contributed by atoms with E-state index in [0.717, 1.165) is 36.8 Å². The number of benzene rings is 2. The van der Waals surface area contributed by atoms with Crippen LogP contribution < -0.4 is 5.32 Å². The first-order chi connectivity index (χ1) is 13.4. The first-order valence-electron chi connectivity index (χ1n) is 9.85. The molecule has 5 nitrogen and oxygen atoms in total. The fraction of sp³-hybridized carbons (Fsp3) is 0.409. The molecule has 0 heterocycles. The minimum Gasteiger partial charge on any atom is -0.352 e. The molecule has 1 aliphatic carbocycles. The van der Waals surface area contributed by atoms with Crippen LogP contribution in [0.4, 0.5) is 0 Å². The third kappa shape index (κ3) is 5.42. The molecule has 0 spiro atoms. The normalized spacial score (nSPS) is 15.5. The second-order valence-corrected chi connectivity index (χ2v) is 9.41. The van der Waals surface area contributed by atoms with E-state index < -0.39 is 10.0 Å². The highest BCUT2D eigenvalue weighted by atomic mass is 32.2. The van der Waals surface area contributed by atoms with Crippen molar-refractivity contribution in [2.24, 2.45) is 0 Å². The topological polar surface area (TPSA) is 66.5 Å². The summed E-state index contributed by atoms with van der Waals surface area (Å²) < 4.78 is 27.7.